The van der Waals surface area contributed by atoms with E-state index in [4.69, 9.17) is 4.74 Å². The molecule has 0 atom stereocenters. The fraction of sp³-hybridized carbons (Fsp3) is 0.188. The first-order valence-electron chi connectivity index (χ1n) is 6.33. The van der Waals surface area contributed by atoms with Crippen molar-refractivity contribution in [3.63, 3.8) is 0 Å². The van der Waals surface area contributed by atoms with Crippen molar-refractivity contribution >= 4 is 5.78 Å². The monoisotopic (exact) mass is 290 g/mol. The Morgan fingerprint density at radius 1 is 1.10 bits per heavy atom. The van der Waals surface area contributed by atoms with Gasteiger partial charge < -0.3 is 14.9 Å². The van der Waals surface area contributed by atoms with Crippen molar-refractivity contribution in [3.8, 4) is 17.2 Å². The van der Waals surface area contributed by atoms with E-state index in [0.717, 1.165) is 6.07 Å². The number of aryl methyl sites for hydroxylation is 2. The van der Waals surface area contributed by atoms with Gasteiger partial charge in [-0.25, -0.2) is 4.39 Å². The maximum absolute atomic E-state index is 13.4. The zero-order chi connectivity index (χ0) is 15.6. The fourth-order valence-electron chi connectivity index (χ4n) is 1.80. The van der Waals surface area contributed by atoms with Crippen LogP contribution in [0.4, 0.5) is 4.39 Å². The molecule has 0 heterocycles. The maximum atomic E-state index is 13.4. The first kappa shape index (κ1) is 14.8. The van der Waals surface area contributed by atoms with Gasteiger partial charge in [-0.15, -0.1) is 0 Å². The van der Waals surface area contributed by atoms with Gasteiger partial charge in [0.2, 0.25) is 5.78 Å². The first-order valence-corrected chi connectivity index (χ1v) is 6.33. The first-order chi connectivity index (χ1) is 9.88. The maximum Gasteiger partial charge on any atom is 0.203 e. The summed E-state index contributed by atoms with van der Waals surface area (Å²) >= 11 is 0. The largest absolute Gasteiger partial charge is 0.508 e. The third-order valence-corrected chi connectivity index (χ3v) is 3.13. The number of aromatic hydroxyl groups is 2. The molecule has 4 nitrogen and oxygen atoms in total. The minimum absolute atomic E-state index is 0.0536. The van der Waals surface area contributed by atoms with Crippen LogP contribution in [0.15, 0.2) is 30.3 Å². The molecule has 0 aromatic heterocycles. The van der Waals surface area contributed by atoms with Gasteiger partial charge in [0.25, 0.3) is 0 Å². The van der Waals surface area contributed by atoms with Crippen molar-refractivity contribution in [3.05, 3.63) is 52.8 Å². The van der Waals surface area contributed by atoms with Crippen molar-refractivity contribution in [2.24, 2.45) is 0 Å². The summed E-state index contributed by atoms with van der Waals surface area (Å²) < 4.78 is 18.6. The zero-order valence-electron chi connectivity index (χ0n) is 11.7. The van der Waals surface area contributed by atoms with E-state index < -0.39 is 11.6 Å². The van der Waals surface area contributed by atoms with Crippen molar-refractivity contribution in [1.29, 1.82) is 0 Å². The van der Waals surface area contributed by atoms with Crippen molar-refractivity contribution in [1.82, 2.24) is 0 Å². The minimum Gasteiger partial charge on any atom is -0.508 e. The van der Waals surface area contributed by atoms with Gasteiger partial charge in [-0.05, 0) is 37.1 Å². The minimum atomic E-state index is -0.461. The number of benzene rings is 2. The second kappa shape index (κ2) is 5.83. The van der Waals surface area contributed by atoms with Crippen molar-refractivity contribution < 1.29 is 24.1 Å². The van der Waals surface area contributed by atoms with Gasteiger partial charge in [0.1, 0.15) is 23.1 Å². The number of hydrogen-bond donors (Lipinski definition) is 2. The molecule has 0 saturated carbocycles. The Bertz CT molecular complexity index is 695. The normalized spacial score (nSPS) is 10.4. The number of carbonyl (C=O) groups is 1. The van der Waals surface area contributed by atoms with Crippen LogP contribution in [0.1, 0.15) is 21.5 Å². The number of phenolic OH excluding ortho intramolecular Hbond substituents is 2. The predicted octanol–water partition coefficient (Wildman–Crippen LogP) is 3.12. The van der Waals surface area contributed by atoms with Crippen LogP contribution in [0.5, 0.6) is 17.2 Å². The molecule has 0 aliphatic rings. The topological polar surface area (TPSA) is 66.8 Å². The summed E-state index contributed by atoms with van der Waals surface area (Å²) in [6.07, 6.45) is 0. The number of halogens is 1. The van der Waals surface area contributed by atoms with E-state index in [1.807, 2.05) is 0 Å². The molecule has 110 valence electrons. The van der Waals surface area contributed by atoms with Crippen molar-refractivity contribution in [2.75, 3.05) is 6.61 Å². The van der Waals surface area contributed by atoms with E-state index in [9.17, 15) is 19.4 Å². The lowest BCUT2D eigenvalue weighted by Gasteiger charge is -2.09. The number of phenols is 2. The quantitative estimate of drug-likeness (QED) is 0.849. The van der Waals surface area contributed by atoms with Crippen LogP contribution in [0, 0.1) is 19.7 Å². The molecule has 0 radical (unpaired) electrons. The van der Waals surface area contributed by atoms with E-state index >= 15 is 0 Å². The molecule has 0 amide bonds. The highest BCUT2D eigenvalue weighted by molar-refractivity contribution is 6.00. The molecule has 2 rings (SSSR count). The van der Waals surface area contributed by atoms with Gasteiger partial charge in [-0.3, -0.25) is 4.79 Å². The molecule has 0 fully saturated rings. The van der Waals surface area contributed by atoms with Crippen LogP contribution in [-0.2, 0) is 0 Å². The highest BCUT2D eigenvalue weighted by atomic mass is 19.1. The summed E-state index contributed by atoms with van der Waals surface area (Å²) in [5.41, 5.74) is 1.01. The summed E-state index contributed by atoms with van der Waals surface area (Å²) in [5.74, 6) is -1.05. The summed E-state index contributed by atoms with van der Waals surface area (Å²) in [6.45, 7) is 2.91. The van der Waals surface area contributed by atoms with E-state index in [1.165, 1.54) is 12.1 Å². The average molecular weight is 290 g/mol. The predicted molar refractivity (Wildman–Crippen MR) is 75.5 cm³/mol. The molecule has 0 unspecified atom stereocenters. The molecule has 0 saturated heterocycles. The van der Waals surface area contributed by atoms with Crippen LogP contribution < -0.4 is 4.74 Å². The molecule has 2 aromatic carbocycles. The van der Waals surface area contributed by atoms with E-state index in [1.54, 1.807) is 26.0 Å². The summed E-state index contributed by atoms with van der Waals surface area (Å²) in [7, 11) is 0. The van der Waals surface area contributed by atoms with Crippen LogP contribution in [0.25, 0.3) is 0 Å². The molecular weight excluding hydrogens is 275 g/mol. The Hall–Kier alpha value is -2.56. The lowest BCUT2D eigenvalue weighted by Crippen LogP contribution is -2.12. The molecule has 0 bridgehead atoms. The van der Waals surface area contributed by atoms with Crippen LogP contribution in [0.3, 0.4) is 0 Å². The Kier molecular flexibility index (Phi) is 4.12. The third-order valence-electron chi connectivity index (χ3n) is 3.13. The van der Waals surface area contributed by atoms with E-state index in [-0.39, 0.29) is 29.4 Å². The lowest BCUT2D eigenvalue weighted by atomic mass is 10.1. The van der Waals surface area contributed by atoms with Crippen LogP contribution in [-0.4, -0.2) is 22.6 Å². The third kappa shape index (κ3) is 3.31. The molecule has 5 heteroatoms. The Balaban J connectivity index is 2.11. The SMILES string of the molecule is Cc1cc(C(=O)COc2ccc(C)c(F)c2)c(O)cc1O. The zero-order valence-corrected chi connectivity index (χ0v) is 11.7. The average Bonchev–Trinajstić information content (AvgIpc) is 2.44. The van der Waals surface area contributed by atoms with E-state index in [0.29, 0.717) is 11.1 Å². The molecular formula is C16H15FO4. The van der Waals surface area contributed by atoms with Gasteiger partial charge in [0.15, 0.2) is 6.61 Å². The number of ether oxygens (including phenoxy) is 1. The summed E-state index contributed by atoms with van der Waals surface area (Å²) in [5, 5.41) is 19.1. The molecule has 0 aliphatic carbocycles. The summed E-state index contributed by atoms with van der Waals surface area (Å²) in [6, 6.07) is 6.80. The molecule has 0 spiro atoms. The Morgan fingerprint density at radius 2 is 1.81 bits per heavy atom. The fourth-order valence-corrected chi connectivity index (χ4v) is 1.80. The second-order valence-electron chi connectivity index (χ2n) is 4.78. The molecule has 21 heavy (non-hydrogen) atoms. The number of Topliss-reactive ketones (excluding diaryl/α,β-unsaturated/α-hetero) is 1. The standard InChI is InChI=1S/C16H15FO4/c1-9-3-4-11(6-13(9)17)21-8-16(20)12-5-10(2)14(18)7-15(12)19/h3-7,18-19H,8H2,1-2H3. The molecule has 0 aliphatic heterocycles. The molecule has 2 N–H and O–H groups in total. The highest BCUT2D eigenvalue weighted by Gasteiger charge is 2.14. The second-order valence-corrected chi connectivity index (χ2v) is 4.78. The van der Waals surface area contributed by atoms with Gasteiger partial charge in [0, 0.05) is 12.1 Å². The Labute approximate surface area is 121 Å². The van der Waals surface area contributed by atoms with Gasteiger partial charge in [-0.2, -0.15) is 0 Å². The van der Waals surface area contributed by atoms with Crippen molar-refractivity contribution in [2.45, 2.75) is 13.8 Å². The smallest absolute Gasteiger partial charge is 0.203 e. The van der Waals surface area contributed by atoms with Gasteiger partial charge in [-0.1, -0.05) is 6.07 Å². The number of carbonyl (C=O) groups excluding carboxylic acids is 1. The van der Waals surface area contributed by atoms with Gasteiger partial charge in [0.05, 0.1) is 5.56 Å². The van der Waals surface area contributed by atoms with Crippen LogP contribution in [0.2, 0.25) is 0 Å². The Morgan fingerprint density at radius 3 is 2.48 bits per heavy atom. The highest BCUT2D eigenvalue weighted by Crippen LogP contribution is 2.27. The summed E-state index contributed by atoms with van der Waals surface area (Å²) in [4.78, 5) is 12.0. The number of rotatable bonds is 4. The lowest BCUT2D eigenvalue weighted by molar-refractivity contribution is 0.0918. The number of ketones is 1. The van der Waals surface area contributed by atoms with Gasteiger partial charge >= 0.3 is 0 Å². The van der Waals surface area contributed by atoms with E-state index in [2.05, 4.69) is 0 Å². The molecule has 2 aromatic rings. The number of hydrogen-bond acceptors (Lipinski definition) is 4. The van der Waals surface area contributed by atoms with Crippen LogP contribution >= 0.6 is 0 Å².